The summed E-state index contributed by atoms with van der Waals surface area (Å²) in [4.78, 5) is 16.9. The van der Waals surface area contributed by atoms with Gasteiger partial charge in [0.25, 0.3) is 0 Å². The molecule has 3 N–H and O–H groups in total. The van der Waals surface area contributed by atoms with Crippen molar-refractivity contribution >= 4 is 11.6 Å². The van der Waals surface area contributed by atoms with Crippen LogP contribution in [0.1, 0.15) is 24.8 Å². The van der Waals surface area contributed by atoms with Crippen molar-refractivity contribution in [1.82, 2.24) is 15.5 Å². The molecule has 1 aromatic rings. The Morgan fingerprint density at radius 2 is 2.13 bits per heavy atom. The number of fused-ring (bicyclic) bond motifs is 2. The molecule has 162 valence electrons. The first-order valence-corrected chi connectivity index (χ1v) is 10.9. The molecule has 8 heteroatoms. The number of carbonyl (C=O) groups is 1. The van der Waals surface area contributed by atoms with Crippen molar-refractivity contribution in [2.24, 2.45) is 5.92 Å². The molecule has 0 aromatic heterocycles. The van der Waals surface area contributed by atoms with Crippen LogP contribution in [0.2, 0.25) is 0 Å². The third-order valence-electron chi connectivity index (χ3n) is 6.73. The molecule has 4 atom stereocenters. The van der Waals surface area contributed by atoms with Crippen LogP contribution >= 0.6 is 0 Å². The number of nitrogens with zero attached hydrogens (tertiary/aromatic N) is 3. The highest BCUT2D eigenvalue weighted by Gasteiger charge is 2.43. The van der Waals surface area contributed by atoms with Crippen molar-refractivity contribution in [3.05, 3.63) is 29.6 Å². The van der Waals surface area contributed by atoms with Crippen LogP contribution in [-0.4, -0.2) is 73.4 Å². The molecule has 3 fully saturated rings. The number of halogens is 1. The Balaban J connectivity index is 1.33. The van der Waals surface area contributed by atoms with Crippen LogP contribution in [-0.2, 0) is 11.2 Å². The number of hydrogen-bond acceptors (Lipinski definition) is 6. The number of aliphatic hydroxyl groups is 1. The standard InChI is InChI=1S/C22H30FN5O2/c23-20-13-19(28-7-5-27(6-8-28)9-10-29)4-2-15(20)11-18(14-24)26-22(30)21-16-1-3-17(12-16)25-21/h2,4,13,16-18,21,25,29H,1,3,5-12H2,(H,26,30)/t16?,17?,18-,21?/m0/s1. The molecule has 7 nitrogen and oxygen atoms in total. The third-order valence-corrected chi connectivity index (χ3v) is 6.73. The second-order valence-electron chi connectivity index (χ2n) is 8.64. The van der Waals surface area contributed by atoms with Gasteiger partial charge in [0.05, 0.1) is 18.7 Å². The first-order chi connectivity index (χ1) is 14.6. The Labute approximate surface area is 176 Å². The lowest BCUT2D eigenvalue weighted by Crippen LogP contribution is -2.50. The molecule has 1 amide bonds. The zero-order chi connectivity index (χ0) is 21.1. The zero-order valence-electron chi connectivity index (χ0n) is 17.2. The van der Waals surface area contributed by atoms with E-state index in [1.807, 2.05) is 6.07 Å². The summed E-state index contributed by atoms with van der Waals surface area (Å²) >= 11 is 0. The summed E-state index contributed by atoms with van der Waals surface area (Å²) in [6, 6.07) is 6.67. The predicted molar refractivity (Wildman–Crippen MR) is 111 cm³/mol. The number of piperidine rings is 1. The van der Waals surface area contributed by atoms with E-state index in [-0.39, 0.29) is 30.8 Å². The molecule has 30 heavy (non-hydrogen) atoms. The van der Waals surface area contributed by atoms with Crippen LogP contribution in [0.3, 0.4) is 0 Å². The second kappa shape index (κ2) is 9.29. The summed E-state index contributed by atoms with van der Waals surface area (Å²) in [5.41, 5.74) is 1.26. The number of carbonyl (C=O) groups excluding carboxylic acids is 1. The Hall–Kier alpha value is -2.21. The highest BCUT2D eigenvalue weighted by atomic mass is 19.1. The SMILES string of the molecule is N#C[C@H](Cc1ccc(N2CCN(CCO)CC2)cc1F)NC(=O)C1NC2CCC1C2. The van der Waals surface area contributed by atoms with E-state index < -0.39 is 6.04 Å². The van der Waals surface area contributed by atoms with Crippen LogP contribution < -0.4 is 15.5 Å². The molecule has 3 aliphatic rings. The van der Waals surface area contributed by atoms with Gasteiger partial charge in [0, 0.05) is 50.9 Å². The summed E-state index contributed by atoms with van der Waals surface area (Å²) in [5, 5.41) is 24.7. The fourth-order valence-corrected chi connectivity index (χ4v) is 5.03. The second-order valence-corrected chi connectivity index (χ2v) is 8.64. The van der Waals surface area contributed by atoms with E-state index in [0.717, 1.165) is 51.1 Å². The van der Waals surface area contributed by atoms with E-state index in [4.69, 9.17) is 5.11 Å². The third kappa shape index (κ3) is 4.59. The molecule has 1 aliphatic carbocycles. The van der Waals surface area contributed by atoms with Crippen LogP contribution in [0.25, 0.3) is 0 Å². The number of hydrogen-bond donors (Lipinski definition) is 3. The van der Waals surface area contributed by atoms with Gasteiger partial charge in [-0.25, -0.2) is 4.39 Å². The Kier molecular flexibility index (Phi) is 6.52. The van der Waals surface area contributed by atoms with Crippen molar-refractivity contribution in [1.29, 1.82) is 5.26 Å². The molecule has 0 radical (unpaired) electrons. The molecule has 0 spiro atoms. The van der Waals surface area contributed by atoms with Gasteiger partial charge < -0.3 is 20.6 Å². The minimum Gasteiger partial charge on any atom is -0.395 e. The average molecular weight is 416 g/mol. The molecule has 2 heterocycles. The minimum absolute atomic E-state index is 0.147. The monoisotopic (exact) mass is 415 g/mol. The van der Waals surface area contributed by atoms with E-state index in [9.17, 15) is 14.4 Å². The van der Waals surface area contributed by atoms with E-state index >= 15 is 0 Å². The molecule has 2 aliphatic heterocycles. The first-order valence-electron chi connectivity index (χ1n) is 10.9. The smallest absolute Gasteiger partial charge is 0.238 e. The number of benzene rings is 1. The highest BCUT2D eigenvalue weighted by Crippen LogP contribution is 2.35. The molecule has 2 saturated heterocycles. The van der Waals surface area contributed by atoms with E-state index in [1.165, 1.54) is 6.07 Å². The summed E-state index contributed by atoms with van der Waals surface area (Å²) < 4.78 is 14.8. The summed E-state index contributed by atoms with van der Waals surface area (Å²) in [6.45, 7) is 4.06. The largest absolute Gasteiger partial charge is 0.395 e. The van der Waals surface area contributed by atoms with Crippen LogP contribution in [0.4, 0.5) is 10.1 Å². The first kappa shape index (κ1) is 21.0. The number of β-amino-alcohol motifs (C(OH)–C–C–N with tert-alkyl or cyclic N) is 1. The maximum Gasteiger partial charge on any atom is 0.238 e. The maximum absolute atomic E-state index is 14.8. The number of nitrogens with one attached hydrogen (secondary N) is 2. The zero-order valence-corrected chi connectivity index (χ0v) is 17.2. The molecule has 1 saturated carbocycles. The predicted octanol–water partition coefficient (Wildman–Crippen LogP) is 0.631. The summed E-state index contributed by atoms with van der Waals surface area (Å²) in [5.74, 6) is -0.146. The summed E-state index contributed by atoms with van der Waals surface area (Å²) in [6.07, 6.45) is 3.35. The van der Waals surface area contributed by atoms with Gasteiger partial charge in [-0.2, -0.15) is 5.26 Å². The van der Waals surface area contributed by atoms with Gasteiger partial charge in [-0.1, -0.05) is 6.07 Å². The number of rotatable bonds is 7. The number of aliphatic hydroxyl groups excluding tert-OH is 1. The molecule has 3 unspecified atom stereocenters. The molecule has 4 rings (SSSR count). The Morgan fingerprint density at radius 1 is 1.33 bits per heavy atom. The van der Waals surface area contributed by atoms with Crippen LogP contribution in [0, 0.1) is 23.1 Å². The molecular formula is C22H30FN5O2. The van der Waals surface area contributed by atoms with E-state index in [2.05, 4.69) is 26.5 Å². The normalized spacial score (nSPS) is 27.1. The van der Waals surface area contributed by atoms with Gasteiger partial charge >= 0.3 is 0 Å². The van der Waals surface area contributed by atoms with Crippen LogP contribution in [0.5, 0.6) is 0 Å². The van der Waals surface area contributed by atoms with E-state index in [1.54, 1.807) is 6.07 Å². The lowest BCUT2D eigenvalue weighted by atomic mass is 9.98. The number of nitriles is 1. The van der Waals surface area contributed by atoms with Gasteiger partial charge in [-0.15, -0.1) is 0 Å². The van der Waals surface area contributed by atoms with E-state index in [0.29, 0.717) is 24.1 Å². The van der Waals surface area contributed by atoms with Gasteiger partial charge in [0.1, 0.15) is 11.9 Å². The number of piperazine rings is 1. The quantitative estimate of drug-likeness (QED) is 0.605. The fourth-order valence-electron chi connectivity index (χ4n) is 5.03. The lowest BCUT2D eigenvalue weighted by molar-refractivity contribution is -0.124. The fraction of sp³-hybridized carbons (Fsp3) is 0.636. The maximum atomic E-state index is 14.8. The van der Waals surface area contributed by atoms with Gasteiger partial charge in [0.15, 0.2) is 0 Å². The highest BCUT2D eigenvalue weighted by molar-refractivity contribution is 5.83. The van der Waals surface area contributed by atoms with Crippen molar-refractivity contribution in [3.8, 4) is 6.07 Å². The van der Waals surface area contributed by atoms with Crippen molar-refractivity contribution in [2.45, 2.75) is 43.8 Å². The average Bonchev–Trinajstić information content (AvgIpc) is 3.39. The van der Waals surface area contributed by atoms with Crippen molar-refractivity contribution < 1.29 is 14.3 Å². The minimum atomic E-state index is -0.749. The molecular weight excluding hydrogens is 385 g/mol. The Morgan fingerprint density at radius 3 is 2.73 bits per heavy atom. The topological polar surface area (TPSA) is 91.6 Å². The van der Waals surface area contributed by atoms with Gasteiger partial charge in [0.2, 0.25) is 5.91 Å². The summed E-state index contributed by atoms with van der Waals surface area (Å²) in [7, 11) is 0. The van der Waals surface area contributed by atoms with Gasteiger partial charge in [-0.3, -0.25) is 9.69 Å². The molecule has 1 aromatic carbocycles. The van der Waals surface area contributed by atoms with Crippen LogP contribution in [0.15, 0.2) is 18.2 Å². The molecule has 2 bridgehead atoms. The van der Waals surface area contributed by atoms with Crippen molar-refractivity contribution in [3.63, 3.8) is 0 Å². The lowest BCUT2D eigenvalue weighted by Gasteiger charge is -2.35. The van der Waals surface area contributed by atoms with Crippen molar-refractivity contribution in [2.75, 3.05) is 44.2 Å². The van der Waals surface area contributed by atoms with Gasteiger partial charge in [-0.05, 0) is 42.9 Å². The number of anilines is 1. The number of amides is 1. The Bertz CT molecular complexity index is 805.